The van der Waals surface area contributed by atoms with E-state index in [0.29, 0.717) is 0 Å². The van der Waals surface area contributed by atoms with Gasteiger partial charge in [0, 0.05) is 32.1 Å². The molecular weight excluding hydrogens is 346 g/mol. The molecule has 2 fully saturated rings. The Hall–Kier alpha value is -1.92. The van der Waals surface area contributed by atoms with Crippen molar-refractivity contribution in [2.24, 2.45) is 5.41 Å². The summed E-state index contributed by atoms with van der Waals surface area (Å²) in [4.78, 5) is 21.5. The Morgan fingerprint density at radius 2 is 2.00 bits per heavy atom. The van der Waals surface area contributed by atoms with Crippen LogP contribution in [0.3, 0.4) is 0 Å². The van der Waals surface area contributed by atoms with Crippen LogP contribution in [0.4, 0.5) is 5.13 Å². The van der Waals surface area contributed by atoms with Gasteiger partial charge in [-0.1, -0.05) is 30.3 Å². The highest BCUT2D eigenvalue weighted by Gasteiger charge is 2.45. The summed E-state index contributed by atoms with van der Waals surface area (Å²) in [6.07, 6.45) is 3.08. The Labute approximate surface area is 158 Å². The molecule has 3 heterocycles. The van der Waals surface area contributed by atoms with Gasteiger partial charge in [-0.15, -0.1) is 11.3 Å². The minimum absolute atomic E-state index is 0.0000601. The van der Waals surface area contributed by atoms with E-state index in [1.165, 1.54) is 0 Å². The number of likely N-dealkylation sites (tertiary alicyclic amines) is 1. The second kappa shape index (κ2) is 7.00. The maximum absolute atomic E-state index is 12.8. The number of piperidine rings is 2. The zero-order valence-electron chi connectivity index (χ0n) is 15.1. The van der Waals surface area contributed by atoms with Crippen LogP contribution in [0.15, 0.2) is 35.7 Å². The van der Waals surface area contributed by atoms with Gasteiger partial charge in [0.15, 0.2) is 5.13 Å². The molecule has 1 unspecified atom stereocenters. The number of hydrogen-bond donors (Lipinski definition) is 1. The van der Waals surface area contributed by atoms with Gasteiger partial charge in [-0.3, -0.25) is 4.79 Å². The number of carbonyl (C=O) groups excluding carboxylic acids is 1. The third-order valence-corrected chi connectivity index (χ3v) is 6.83. The first kappa shape index (κ1) is 17.5. The number of nitrogens with zero attached hydrogens (tertiary/aromatic N) is 3. The van der Waals surface area contributed by atoms with Gasteiger partial charge in [0.25, 0.3) is 0 Å². The minimum atomic E-state index is -0.0256. The average molecular weight is 372 g/mol. The number of anilines is 1. The standard InChI is InChI=1S/C20H25N3O2S/c1-22-14-20(11-17(18(22)25)15-5-3-2-4-6-15)7-9-23(10-8-20)19-21-16(12-24)13-26-19/h2-6,13,17,24H,7-12,14H2,1H3. The minimum Gasteiger partial charge on any atom is -0.390 e. The normalized spacial score (nSPS) is 22.8. The largest absolute Gasteiger partial charge is 0.390 e. The van der Waals surface area contributed by atoms with E-state index in [-0.39, 0.29) is 23.8 Å². The number of carbonyl (C=O) groups is 1. The molecule has 1 aromatic carbocycles. The summed E-state index contributed by atoms with van der Waals surface area (Å²) in [7, 11) is 1.94. The molecule has 1 N–H and O–H groups in total. The first-order chi connectivity index (χ1) is 12.6. The van der Waals surface area contributed by atoms with E-state index in [4.69, 9.17) is 0 Å². The summed E-state index contributed by atoms with van der Waals surface area (Å²) in [6.45, 7) is 2.77. The molecule has 1 amide bonds. The zero-order chi connectivity index (χ0) is 18.1. The van der Waals surface area contributed by atoms with Crippen LogP contribution in [0.1, 0.15) is 36.4 Å². The lowest BCUT2D eigenvalue weighted by Gasteiger charge is -2.49. The first-order valence-corrected chi connectivity index (χ1v) is 10.1. The van der Waals surface area contributed by atoms with E-state index >= 15 is 0 Å². The van der Waals surface area contributed by atoms with Crippen molar-refractivity contribution in [2.45, 2.75) is 31.8 Å². The second-order valence-corrected chi connectivity index (χ2v) is 8.46. The fourth-order valence-electron chi connectivity index (χ4n) is 4.43. The average Bonchev–Trinajstić information content (AvgIpc) is 3.15. The Balaban J connectivity index is 1.49. The number of benzene rings is 1. The van der Waals surface area contributed by atoms with Crippen LogP contribution in [-0.2, 0) is 11.4 Å². The fourth-order valence-corrected chi connectivity index (χ4v) is 5.30. The van der Waals surface area contributed by atoms with Crippen molar-refractivity contribution in [3.63, 3.8) is 0 Å². The summed E-state index contributed by atoms with van der Waals surface area (Å²) in [6, 6.07) is 10.2. The van der Waals surface area contributed by atoms with Crippen LogP contribution in [-0.4, -0.2) is 47.6 Å². The topological polar surface area (TPSA) is 56.7 Å². The van der Waals surface area contributed by atoms with Crippen LogP contribution in [0.5, 0.6) is 0 Å². The predicted molar refractivity (Wildman–Crippen MR) is 103 cm³/mol. The molecule has 1 aromatic heterocycles. The van der Waals surface area contributed by atoms with Crippen molar-refractivity contribution >= 4 is 22.4 Å². The summed E-state index contributed by atoms with van der Waals surface area (Å²) < 4.78 is 0. The molecular formula is C20H25N3O2S. The maximum Gasteiger partial charge on any atom is 0.229 e. The summed E-state index contributed by atoms with van der Waals surface area (Å²) in [5.41, 5.74) is 2.08. The van der Waals surface area contributed by atoms with E-state index in [0.717, 1.165) is 55.3 Å². The van der Waals surface area contributed by atoms with Crippen molar-refractivity contribution in [2.75, 3.05) is 31.6 Å². The van der Waals surface area contributed by atoms with Gasteiger partial charge in [0.1, 0.15) is 0 Å². The van der Waals surface area contributed by atoms with E-state index in [1.54, 1.807) is 11.3 Å². The van der Waals surface area contributed by atoms with Crippen LogP contribution in [0.2, 0.25) is 0 Å². The van der Waals surface area contributed by atoms with Crippen LogP contribution >= 0.6 is 11.3 Å². The number of aromatic nitrogens is 1. The van der Waals surface area contributed by atoms with Crippen LogP contribution in [0.25, 0.3) is 0 Å². The SMILES string of the molecule is CN1CC2(CCN(c3nc(CO)cs3)CC2)CC(c2ccccc2)C1=O. The molecule has 138 valence electrons. The number of amides is 1. The van der Waals surface area contributed by atoms with Gasteiger partial charge in [-0.25, -0.2) is 4.98 Å². The zero-order valence-corrected chi connectivity index (χ0v) is 15.9. The van der Waals surface area contributed by atoms with Crippen LogP contribution < -0.4 is 4.90 Å². The molecule has 0 radical (unpaired) electrons. The highest BCUT2D eigenvalue weighted by Crippen LogP contribution is 2.46. The molecule has 2 aliphatic rings. The lowest BCUT2D eigenvalue weighted by atomic mass is 9.68. The highest BCUT2D eigenvalue weighted by atomic mass is 32.1. The Bertz CT molecular complexity index is 768. The van der Waals surface area contributed by atoms with Gasteiger partial charge >= 0.3 is 0 Å². The number of aliphatic hydroxyl groups is 1. The van der Waals surface area contributed by atoms with E-state index in [1.807, 2.05) is 35.5 Å². The number of thiazole rings is 1. The van der Waals surface area contributed by atoms with Crippen molar-refractivity contribution < 1.29 is 9.90 Å². The third kappa shape index (κ3) is 3.23. The number of aliphatic hydroxyl groups excluding tert-OH is 1. The van der Waals surface area contributed by atoms with Gasteiger partial charge in [-0.05, 0) is 30.2 Å². The molecule has 2 aliphatic heterocycles. The molecule has 5 nitrogen and oxygen atoms in total. The van der Waals surface area contributed by atoms with Crippen molar-refractivity contribution in [1.82, 2.24) is 9.88 Å². The molecule has 0 aliphatic carbocycles. The smallest absolute Gasteiger partial charge is 0.229 e. The van der Waals surface area contributed by atoms with Gasteiger partial charge in [-0.2, -0.15) is 0 Å². The fraction of sp³-hybridized carbons (Fsp3) is 0.500. The molecule has 2 saturated heterocycles. The monoisotopic (exact) mass is 371 g/mol. The van der Waals surface area contributed by atoms with Crippen molar-refractivity contribution in [3.8, 4) is 0 Å². The quantitative estimate of drug-likeness (QED) is 0.901. The van der Waals surface area contributed by atoms with Gasteiger partial charge < -0.3 is 14.9 Å². The molecule has 0 bridgehead atoms. The van der Waals surface area contributed by atoms with E-state index < -0.39 is 0 Å². The Morgan fingerprint density at radius 3 is 2.65 bits per heavy atom. The summed E-state index contributed by atoms with van der Waals surface area (Å²) >= 11 is 1.60. The van der Waals surface area contributed by atoms with E-state index in [9.17, 15) is 9.90 Å². The second-order valence-electron chi connectivity index (χ2n) is 7.63. The van der Waals surface area contributed by atoms with Crippen molar-refractivity contribution in [1.29, 1.82) is 0 Å². The molecule has 2 aromatic rings. The van der Waals surface area contributed by atoms with Gasteiger partial charge in [0.05, 0.1) is 18.2 Å². The number of hydrogen-bond acceptors (Lipinski definition) is 5. The van der Waals surface area contributed by atoms with Gasteiger partial charge in [0.2, 0.25) is 5.91 Å². The number of rotatable bonds is 3. The third-order valence-electron chi connectivity index (χ3n) is 5.88. The highest BCUT2D eigenvalue weighted by molar-refractivity contribution is 7.13. The molecule has 0 saturated carbocycles. The van der Waals surface area contributed by atoms with Crippen molar-refractivity contribution in [3.05, 3.63) is 47.0 Å². The molecule has 26 heavy (non-hydrogen) atoms. The summed E-state index contributed by atoms with van der Waals surface area (Å²) in [5.74, 6) is 0.221. The van der Waals surface area contributed by atoms with E-state index in [2.05, 4.69) is 22.0 Å². The molecule has 6 heteroatoms. The summed E-state index contributed by atoms with van der Waals surface area (Å²) in [5, 5.41) is 12.2. The molecule has 1 atom stereocenters. The lowest BCUT2D eigenvalue weighted by molar-refractivity contribution is -0.138. The molecule has 1 spiro atoms. The lowest BCUT2D eigenvalue weighted by Crippen LogP contribution is -2.52. The predicted octanol–water partition coefficient (Wildman–Crippen LogP) is 2.87. The molecule has 4 rings (SSSR count). The Kier molecular flexibility index (Phi) is 4.71. The first-order valence-electron chi connectivity index (χ1n) is 9.20. The maximum atomic E-state index is 12.8. The Morgan fingerprint density at radius 1 is 1.27 bits per heavy atom. The number of likely N-dealkylation sites (N-methyl/N-ethyl adjacent to an activating group) is 1. The van der Waals surface area contributed by atoms with Crippen LogP contribution in [0, 0.1) is 5.41 Å².